The minimum Gasteiger partial charge on any atom is -0.492 e. The Hall–Kier alpha value is -2.90. The number of carbonyl (C=O) groups is 2. The summed E-state index contributed by atoms with van der Waals surface area (Å²) in [5, 5.41) is 5.59. The number of amides is 2. The fraction of sp³-hybridized carbons (Fsp3) is 0.440. The molecule has 0 spiro atoms. The monoisotopic (exact) mass is 439 g/mol. The van der Waals surface area contributed by atoms with Crippen LogP contribution in [0.5, 0.6) is 5.75 Å². The number of carbonyl (C=O) groups excluding carboxylic acids is 2. The molecule has 1 unspecified atom stereocenters. The van der Waals surface area contributed by atoms with Crippen molar-refractivity contribution in [3.8, 4) is 5.75 Å². The van der Waals surface area contributed by atoms with Crippen LogP contribution in [0.1, 0.15) is 35.7 Å². The molecule has 2 amide bonds. The predicted molar refractivity (Wildman–Crippen MR) is 124 cm³/mol. The number of nitrogens with one attached hydrogen (secondary N) is 2. The molecule has 0 aliphatic carbocycles. The highest BCUT2D eigenvalue weighted by atomic mass is 16.5. The third-order valence-corrected chi connectivity index (χ3v) is 5.67. The summed E-state index contributed by atoms with van der Waals surface area (Å²) in [5.74, 6) is 0.274. The first-order chi connectivity index (χ1) is 15.5. The van der Waals surface area contributed by atoms with E-state index in [4.69, 9.17) is 9.47 Å². The van der Waals surface area contributed by atoms with Gasteiger partial charge in [-0.3, -0.25) is 14.5 Å². The summed E-state index contributed by atoms with van der Waals surface area (Å²) < 4.78 is 11.3. The molecule has 172 valence electrons. The molecular weight excluding hydrogens is 406 g/mol. The van der Waals surface area contributed by atoms with Crippen LogP contribution in [-0.4, -0.2) is 62.2 Å². The van der Waals surface area contributed by atoms with E-state index in [1.165, 1.54) is 0 Å². The van der Waals surface area contributed by atoms with Crippen LogP contribution in [0.15, 0.2) is 54.6 Å². The molecule has 0 saturated carbocycles. The quantitative estimate of drug-likeness (QED) is 0.595. The highest BCUT2D eigenvalue weighted by Crippen LogP contribution is 2.15. The smallest absolute Gasteiger partial charge is 0.251 e. The van der Waals surface area contributed by atoms with Gasteiger partial charge in [-0.05, 0) is 56.6 Å². The van der Waals surface area contributed by atoms with Gasteiger partial charge in [-0.1, -0.05) is 30.3 Å². The molecule has 2 N–H and O–H groups in total. The molecule has 32 heavy (non-hydrogen) atoms. The SMILES string of the molecule is CC(NC(=O)c1ccccc1)C(=O)NCc1cccc(OCCN(C)C2CCOCC2)c1. The van der Waals surface area contributed by atoms with Crippen LogP contribution >= 0.6 is 0 Å². The summed E-state index contributed by atoms with van der Waals surface area (Å²) in [4.78, 5) is 26.9. The van der Waals surface area contributed by atoms with Crippen molar-refractivity contribution in [2.24, 2.45) is 0 Å². The lowest BCUT2D eigenvalue weighted by Crippen LogP contribution is -2.44. The second-order valence-corrected chi connectivity index (χ2v) is 8.10. The van der Waals surface area contributed by atoms with E-state index in [0.717, 1.165) is 43.9 Å². The number of rotatable bonds is 10. The van der Waals surface area contributed by atoms with Gasteiger partial charge in [0.05, 0.1) is 0 Å². The molecule has 1 aliphatic heterocycles. The summed E-state index contributed by atoms with van der Waals surface area (Å²) in [6.45, 7) is 5.15. The van der Waals surface area contributed by atoms with Gasteiger partial charge in [0.25, 0.3) is 5.91 Å². The van der Waals surface area contributed by atoms with Gasteiger partial charge in [0.2, 0.25) is 5.91 Å². The zero-order chi connectivity index (χ0) is 22.8. The largest absolute Gasteiger partial charge is 0.492 e. The van der Waals surface area contributed by atoms with Crippen molar-refractivity contribution < 1.29 is 19.1 Å². The van der Waals surface area contributed by atoms with Crippen LogP contribution in [0, 0.1) is 0 Å². The predicted octanol–water partition coefficient (Wildman–Crippen LogP) is 2.61. The van der Waals surface area contributed by atoms with Gasteiger partial charge in [-0.15, -0.1) is 0 Å². The fourth-order valence-electron chi connectivity index (χ4n) is 3.64. The van der Waals surface area contributed by atoms with E-state index in [1.807, 2.05) is 30.3 Å². The first kappa shape index (κ1) is 23.8. The maximum atomic E-state index is 12.4. The molecule has 2 aromatic carbocycles. The minimum absolute atomic E-state index is 0.237. The molecule has 7 heteroatoms. The average molecular weight is 440 g/mol. The van der Waals surface area contributed by atoms with Gasteiger partial charge < -0.3 is 20.1 Å². The molecular formula is C25H33N3O4. The molecule has 1 fully saturated rings. The van der Waals surface area contributed by atoms with Crippen LogP contribution in [0.3, 0.4) is 0 Å². The summed E-state index contributed by atoms with van der Waals surface area (Å²) in [5.41, 5.74) is 1.47. The normalized spacial score (nSPS) is 15.2. The van der Waals surface area contributed by atoms with E-state index in [0.29, 0.717) is 24.8 Å². The van der Waals surface area contributed by atoms with E-state index in [9.17, 15) is 9.59 Å². The van der Waals surface area contributed by atoms with Crippen LogP contribution < -0.4 is 15.4 Å². The topological polar surface area (TPSA) is 79.9 Å². The Morgan fingerprint density at radius 2 is 1.88 bits per heavy atom. The Balaban J connectivity index is 1.40. The highest BCUT2D eigenvalue weighted by Gasteiger charge is 2.18. The maximum absolute atomic E-state index is 12.4. The number of likely N-dealkylation sites (N-methyl/N-ethyl adjacent to an activating group) is 1. The van der Waals surface area contributed by atoms with Gasteiger partial charge in [0.15, 0.2) is 0 Å². The zero-order valence-electron chi connectivity index (χ0n) is 18.9. The van der Waals surface area contributed by atoms with Crippen LogP contribution in [0.4, 0.5) is 0 Å². The first-order valence-corrected chi connectivity index (χ1v) is 11.2. The number of ether oxygens (including phenoxy) is 2. The van der Waals surface area contributed by atoms with Gasteiger partial charge in [0.1, 0.15) is 18.4 Å². The lowest BCUT2D eigenvalue weighted by molar-refractivity contribution is -0.122. The van der Waals surface area contributed by atoms with Crippen molar-refractivity contribution in [2.45, 2.75) is 38.4 Å². The third kappa shape index (κ3) is 7.35. The second kappa shape index (κ2) is 12.2. The van der Waals surface area contributed by atoms with Gasteiger partial charge in [-0.25, -0.2) is 0 Å². The average Bonchev–Trinajstić information content (AvgIpc) is 2.83. The molecule has 1 heterocycles. The molecule has 7 nitrogen and oxygen atoms in total. The Labute approximate surface area is 190 Å². The lowest BCUT2D eigenvalue weighted by Gasteiger charge is -2.31. The molecule has 1 aliphatic rings. The van der Waals surface area contributed by atoms with Crippen molar-refractivity contribution >= 4 is 11.8 Å². The highest BCUT2D eigenvalue weighted by molar-refractivity contribution is 5.97. The number of benzene rings is 2. The van der Waals surface area contributed by atoms with Gasteiger partial charge in [0, 0.05) is 37.9 Å². The zero-order valence-corrected chi connectivity index (χ0v) is 18.9. The van der Waals surface area contributed by atoms with Crippen molar-refractivity contribution in [3.63, 3.8) is 0 Å². The van der Waals surface area contributed by atoms with Crippen LogP contribution in [-0.2, 0) is 16.1 Å². The molecule has 1 saturated heterocycles. The molecule has 0 aromatic heterocycles. The summed E-state index contributed by atoms with van der Waals surface area (Å²) in [7, 11) is 2.13. The van der Waals surface area contributed by atoms with Crippen LogP contribution in [0.25, 0.3) is 0 Å². The first-order valence-electron chi connectivity index (χ1n) is 11.2. The number of hydrogen-bond donors (Lipinski definition) is 2. The van der Waals surface area contributed by atoms with E-state index in [-0.39, 0.29) is 11.8 Å². The van der Waals surface area contributed by atoms with Crippen molar-refractivity contribution in [2.75, 3.05) is 33.4 Å². The Morgan fingerprint density at radius 3 is 2.62 bits per heavy atom. The fourth-order valence-corrected chi connectivity index (χ4v) is 3.64. The standard InChI is InChI=1S/C25H33N3O4/c1-19(27-25(30)21-8-4-3-5-9-21)24(29)26-18-20-7-6-10-23(17-20)32-16-13-28(2)22-11-14-31-15-12-22/h3-10,17,19,22H,11-16,18H2,1-2H3,(H,26,29)(H,27,30). The summed E-state index contributed by atoms with van der Waals surface area (Å²) in [6.07, 6.45) is 2.13. The van der Waals surface area contributed by atoms with Crippen molar-refractivity contribution in [1.82, 2.24) is 15.5 Å². The Morgan fingerprint density at radius 1 is 1.12 bits per heavy atom. The molecule has 3 rings (SSSR count). The number of nitrogens with zero attached hydrogens (tertiary/aromatic N) is 1. The van der Waals surface area contributed by atoms with E-state index < -0.39 is 6.04 Å². The minimum atomic E-state index is -0.636. The van der Waals surface area contributed by atoms with E-state index >= 15 is 0 Å². The van der Waals surface area contributed by atoms with E-state index in [2.05, 4.69) is 22.6 Å². The Bertz CT molecular complexity index is 869. The molecule has 0 radical (unpaired) electrons. The molecule has 0 bridgehead atoms. The van der Waals surface area contributed by atoms with E-state index in [1.54, 1.807) is 31.2 Å². The molecule has 1 atom stereocenters. The van der Waals surface area contributed by atoms with Gasteiger partial charge >= 0.3 is 0 Å². The number of hydrogen-bond acceptors (Lipinski definition) is 5. The third-order valence-electron chi connectivity index (χ3n) is 5.67. The summed E-state index contributed by atoms with van der Waals surface area (Å²) in [6, 6.07) is 16.5. The lowest BCUT2D eigenvalue weighted by atomic mass is 10.1. The van der Waals surface area contributed by atoms with Crippen LogP contribution in [0.2, 0.25) is 0 Å². The van der Waals surface area contributed by atoms with Crippen molar-refractivity contribution in [1.29, 1.82) is 0 Å². The maximum Gasteiger partial charge on any atom is 0.251 e. The Kier molecular flexibility index (Phi) is 9.07. The van der Waals surface area contributed by atoms with Gasteiger partial charge in [-0.2, -0.15) is 0 Å². The molecule has 2 aromatic rings. The summed E-state index contributed by atoms with van der Waals surface area (Å²) >= 11 is 0. The second-order valence-electron chi connectivity index (χ2n) is 8.10. The van der Waals surface area contributed by atoms with Crippen molar-refractivity contribution in [3.05, 3.63) is 65.7 Å².